The van der Waals surface area contributed by atoms with Gasteiger partial charge in [-0.1, -0.05) is 0 Å². The summed E-state index contributed by atoms with van der Waals surface area (Å²) >= 11 is 0. The minimum absolute atomic E-state index is 0.541. The van der Waals surface area contributed by atoms with Gasteiger partial charge >= 0.3 is 0 Å². The Morgan fingerprint density at radius 2 is 2.17 bits per heavy atom. The van der Waals surface area contributed by atoms with E-state index < -0.39 is 0 Å². The molecule has 4 N–H and O–H groups in total. The summed E-state index contributed by atoms with van der Waals surface area (Å²) in [6.45, 7) is 1.82. The fraction of sp³-hybridized carbons (Fsp3) is 0.143. The number of rotatable bonds is 0. The molecule has 0 saturated heterocycles. The lowest BCUT2D eigenvalue weighted by Crippen LogP contribution is -1.99. The predicted octanol–water partition coefficient (Wildman–Crippen LogP) is 0.202. The molecular weight excluding hydrogens is 154 g/mol. The second-order valence-electron chi connectivity index (χ2n) is 2.60. The van der Waals surface area contributed by atoms with Gasteiger partial charge in [-0.15, -0.1) is 0 Å². The standard InChI is InChI=1S/C7H9N5/c1-4-6(9)7-10-3-2-5(8)12(7)11-4/h2-3H,8-9H2,1H3. The Morgan fingerprint density at radius 3 is 2.83 bits per heavy atom. The number of nitrogens with zero attached hydrogens (tertiary/aromatic N) is 3. The molecule has 2 aromatic rings. The molecule has 0 aromatic carbocycles. The fourth-order valence-corrected chi connectivity index (χ4v) is 1.09. The molecule has 2 heterocycles. The zero-order valence-corrected chi connectivity index (χ0v) is 6.65. The summed E-state index contributed by atoms with van der Waals surface area (Å²) in [5.41, 5.74) is 13.3. The molecule has 5 heteroatoms. The van der Waals surface area contributed by atoms with Gasteiger partial charge in [0, 0.05) is 6.20 Å². The topological polar surface area (TPSA) is 82.2 Å². The van der Waals surface area contributed by atoms with E-state index >= 15 is 0 Å². The Morgan fingerprint density at radius 1 is 1.42 bits per heavy atom. The molecule has 0 atom stereocenters. The quantitative estimate of drug-likeness (QED) is 0.581. The molecular formula is C7H9N5. The van der Waals surface area contributed by atoms with Crippen LogP contribution in [0.2, 0.25) is 0 Å². The summed E-state index contributed by atoms with van der Waals surface area (Å²) in [5.74, 6) is 0.541. The van der Waals surface area contributed by atoms with Gasteiger partial charge in [0.25, 0.3) is 0 Å². The first-order chi connectivity index (χ1) is 5.70. The average Bonchev–Trinajstić information content (AvgIpc) is 2.32. The molecule has 0 saturated carbocycles. The van der Waals surface area contributed by atoms with Crippen molar-refractivity contribution in [1.29, 1.82) is 0 Å². The number of anilines is 2. The van der Waals surface area contributed by atoms with E-state index in [2.05, 4.69) is 10.1 Å². The van der Waals surface area contributed by atoms with Gasteiger partial charge in [0.2, 0.25) is 0 Å². The molecule has 0 aliphatic rings. The molecule has 62 valence electrons. The molecule has 0 radical (unpaired) electrons. The smallest absolute Gasteiger partial charge is 0.180 e. The van der Waals surface area contributed by atoms with Crippen molar-refractivity contribution in [1.82, 2.24) is 14.6 Å². The summed E-state index contributed by atoms with van der Waals surface area (Å²) in [5, 5.41) is 4.12. The zero-order valence-electron chi connectivity index (χ0n) is 6.65. The van der Waals surface area contributed by atoms with Crippen LogP contribution in [-0.2, 0) is 0 Å². The first kappa shape index (κ1) is 6.90. The Kier molecular flexibility index (Phi) is 1.21. The third-order valence-electron chi connectivity index (χ3n) is 1.77. The Labute approximate surface area is 69.0 Å². The summed E-state index contributed by atoms with van der Waals surface area (Å²) in [6.07, 6.45) is 1.61. The number of aryl methyl sites for hydroxylation is 1. The number of nitrogens with two attached hydrogens (primary N) is 2. The number of hydrogen-bond donors (Lipinski definition) is 2. The molecule has 0 amide bonds. The maximum atomic E-state index is 5.71. The average molecular weight is 163 g/mol. The highest BCUT2D eigenvalue weighted by Gasteiger charge is 2.07. The van der Waals surface area contributed by atoms with Gasteiger partial charge in [-0.3, -0.25) is 0 Å². The molecule has 12 heavy (non-hydrogen) atoms. The molecule has 0 fully saturated rings. The highest BCUT2D eigenvalue weighted by molar-refractivity contribution is 5.68. The van der Waals surface area contributed by atoms with Crippen LogP contribution in [0, 0.1) is 6.92 Å². The molecule has 0 bridgehead atoms. The fourth-order valence-electron chi connectivity index (χ4n) is 1.09. The lowest BCUT2D eigenvalue weighted by molar-refractivity contribution is 0.929. The van der Waals surface area contributed by atoms with E-state index in [-0.39, 0.29) is 0 Å². The van der Waals surface area contributed by atoms with Gasteiger partial charge < -0.3 is 11.5 Å². The van der Waals surface area contributed by atoms with Crippen LogP contribution in [0.1, 0.15) is 5.69 Å². The number of aromatic nitrogens is 3. The molecule has 0 aliphatic heterocycles. The molecule has 2 rings (SSSR count). The molecule has 2 aromatic heterocycles. The van der Waals surface area contributed by atoms with Crippen molar-refractivity contribution in [2.75, 3.05) is 11.5 Å². The monoisotopic (exact) mass is 163 g/mol. The molecule has 5 nitrogen and oxygen atoms in total. The van der Waals surface area contributed by atoms with Crippen LogP contribution in [0.4, 0.5) is 11.5 Å². The molecule has 0 spiro atoms. The van der Waals surface area contributed by atoms with Crippen molar-refractivity contribution in [3.8, 4) is 0 Å². The van der Waals surface area contributed by atoms with Gasteiger partial charge in [-0.05, 0) is 13.0 Å². The molecule has 0 unspecified atom stereocenters. The van der Waals surface area contributed by atoms with Crippen LogP contribution in [-0.4, -0.2) is 14.6 Å². The van der Waals surface area contributed by atoms with Crippen LogP contribution in [0.15, 0.2) is 12.3 Å². The van der Waals surface area contributed by atoms with Gasteiger partial charge in [0.15, 0.2) is 5.65 Å². The SMILES string of the molecule is Cc1nn2c(N)ccnc2c1N. The van der Waals surface area contributed by atoms with Crippen LogP contribution < -0.4 is 11.5 Å². The van der Waals surface area contributed by atoms with E-state index in [0.29, 0.717) is 17.2 Å². The number of hydrogen-bond acceptors (Lipinski definition) is 4. The van der Waals surface area contributed by atoms with Crippen molar-refractivity contribution >= 4 is 17.2 Å². The zero-order chi connectivity index (χ0) is 8.72. The maximum Gasteiger partial charge on any atom is 0.180 e. The van der Waals surface area contributed by atoms with E-state index in [1.165, 1.54) is 4.52 Å². The molecule has 0 aliphatic carbocycles. The van der Waals surface area contributed by atoms with Crippen LogP contribution >= 0.6 is 0 Å². The van der Waals surface area contributed by atoms with Crippen molar-refractivity contribution in [3.63, 3.8) is 0 Å². The minimum atomic E-state index is 0.541. The highest BCUT2D eigenvalue weighted by atomic mass is 15.3. The van der Waals surface area contributed by atoms with Crippen molar-refractivity contribution in [3.05, 3.63) is 18.0 Å². The largest absolute Gasteiger partial charge is 0.394 e. The predicted molar refractivity (Wildman–Crippen MR) is 46.5 cm³/mol. The van der Waals surface area contributed by atoms with E-state index in [4.69, 9.17) is 11.5 Å². The van der Waals surface area contributed by atoms with Gasteiger partial charge in [0.1, 0.15) is 11.5 Å². The maximum absolute atomic E-state index is 5.71. The van der Waals surface area contributed by atoms with E-state index in [0.717, 1.165) is 5.69 Å². The first-order valence-corrected chi connectivity index (χ1v) is 3.55. The normalized spacial score (nSPS) is 10.8. The van der Waals surface area contributed by atoms with Crippen LogP contribution in [0.3, 0.4) is 0 Å². The van der Waals surface area contributed by atoms with E-state index in [1.807, 2.05) is 6.92 Å². The summed E-state index contributed by atoms with van der Waals surface area (Å²) in [7, 11) is 0. The Bertz CT molecular complexity index is 431. The Balaban J connectivity index is 2.95. The first-order valence-electron chi connectivity index (χ1n) is 3.55. The summed E-state index contributed by atoms with van der Waals surface area (Å²) in [4.78, 5) is 4.06. The van der Waals surface area contributed by atoms with Crippen LogP contribution in [0.5, 0.6) is 0 Å². The Hall–Kier alpha value is -1.78. The van der Waals surface area contributed by atoms with Crippen molar-refractivity contribution < 1.29 is 0 Å². The minimum Gasteiger partial charge on any atom is -0.394 e. The summed E-state index contributed by atoms with van der Waals surface area (Å²) < 4.78 is 1.53. The number of fused-ring (bicyclic) bond motifs is 1. The van der Waals surface area contributed by atoms with Gasteiger partial charge in [0.05, 0.1) is 5.69 Å². The van der Waals surface area contributed by atoms with Gasteiger partial charge in [-0.25, -0.2) is 4.98 Å². The van der Waals surface area contributed by atoms with E-state index in [9.17, 15) is 0 Å². The van der Waals surface area contributed by atoms with Crippen LogP contribution in [0.25, 0.3) is 5.65 Å². The second-order valence-corrected chi connectivity index (χ2v) is 2.60. The lowest BCUT2D eigenvalue weighted by Gasteiger charge is -1.95. The van der Waals surface area contributed by atoms with Crippen molar-refractivity contribution in [2.24, 2.45) is 0 Å². The third kappa shape index (κ3) is 0.730. The summed E-state index contributed by atoms with van der Waals surface area (Å²) in [6, 6.07) is 1.68. The lowest BCUT2D eigenvalue weighted by atomic mass is 10.4. The van der Waals surface area contributed by atoms with E-state index in [1.54, 1.807) is 12.3 Å². The van der Waals surface area contributed by atoms with Gasteiger partial charge in [-0.2, -0.15) is 9.61 Å². The highest BCUT2D eigenvalue weighted by Crippen LogP contribution is 2.16. The third-order valence-corrected chi connectivity index (χ3v) is 1.77. The van der Waals surface area contributed by atoms with Crippen molar-refractivity contribution in [2.45, 2.75) is 6.92 Å². The number of nitrogen functional groups attached to an aromatic ring is 2. The second kappa shape index (κ2) is 2.10.